The van der Waals surface area contributed by atoms with Gasteiger partial charge in [-0.2, -0.15) is 0 Å². The lowest BCUT2D eigenvalue weighted by molar-refractivity contribution is 0.0541. The van der Waals surface area contributed by atoms with Gasteiger partial charge < -0.3 is 29.5 Å². The predicted octanol–water partition coefficient (Wildman–Crippen LogP) is 13.0. The number of ether oxygens (including phenoxy) is 2. The van der Waals surface area contributed by atoms with Gasteiger partial charge in [0, 0.05) is 44.7 Å². The van der Waals surface area contributed by atoms with E-state index in [0.717, 1.165) is 37.7 Å². The van der Waals surface area contributed by atoms with Gasteiger partial charge in [0.05, 0.1) is 0 Å². The molecule has 2 aromatic rings. The molecule has 6 unspecified atom stereocenters. The lowest BCUT2D eigenvalue weighted by Crippen LogP contribution is -2.41. The average Bonchev–Trinajstić information content (AvgIpc) is 3.25. The average molecular weight is 823 g/mol. The molecule has 2 N–H and O–H groups in total. The van der Waals surface area contributed by atoms with Crippen LogP contribution in [0.15, 0.2) is 48.5 Å². The number of unbranched alkanes of at least 4 members (excludes halogenated alkanes) is 4. The first kappa shape index (κ1) is 53.0. The number of aliphatic hydroxyl groups is 2. The molecule has 0 amide bonds. The third-order valence-electron chi connectivity index (χ3n) is 13.2. The molecule has 2 rings (SSSR count). The van der Waals surface area contributed by atoms with Crippen LogP contribution in [0.4, 0.5) is 0 Å². The fraction of sp³-hybridized carbons (Fsp3) is 0.774. The lowest BCUT2D eigenvalue weighted by atomic mass is 9.78. The Morgan fingerprint density at radius 1 is 0.441 bits per heavy atom. The summed E-state index contributed by atoms with van der Waals surface area (Å²) in [4.78, 5) is 5.07. The molecule has 340 valence electrons. The maximum Gasteiger partial charge on any atom is 0.119 e. The van der Waals surface area contributed by atoms with Gasteiger partial charge in [0.15, 0.2) is 0 Å². The summed E-state index contributed by atoms with van der Waals surface area (Å²) in [6.45, 7) is 29.0. The van der Waals surface area contributed by atoms with Crippen molar-refractivity contribution in [2.45, 2.75) is 190 Å². The van der Waals surface area contributed by atoms with Crippen LogP contribution in [0.5, 0.6) is 11.5 Å². The van der Waals surface area contributed by atoms with Crippen LogP contribution in [-0.4, -0.2) is 84.7 Å². The molecule has 6 nitrogen and oxygen atoms in total. The summed E-state index contributed by atoms with van der Waals surface area (Å²) < 4.78 is 12.4. The molecule has 0 spiro atoms. The Labute approximate surface area is 365 Å². The first-order chi connectivity index (χ1) is 28.5. The van der Waals surface area contributed by atoms with Crippen LogP contribution in [0.2, 0.25) is 0 Å². The quantitative estimate of drug-likeness (QED) is 0.0714. The van der Waals surface area contributed by atoms with Crippen molar-refractivity contribution in [2.75, 3.05) is 52.5 Å². The number of benzene rings is 2. The van der Waals surface area contributed by atoms with Gasteiger partial charge in [-0.05, 0) is 84.7 Å². The maximum absolute atomic E-state index is 11.2. The van der Waals surface area contributed by atoms with Crippen molar-refractivity contribution in [1.82, 2.24) is 9.80 Å². The lowest BCUT2D eigenvalue weighted by Gasteiger charge is -2.32. The fourth-order valence-corrected chi connectivity index (χ4v) is 8.77. The van der Waals surface area contributed by atoms with E-state index in [2.05, 4.69) is 103 Å². The van der Waals surface area contributed by atoms with Gasteiger partial charge in [0.2, 0.25) is 0 Å². The number of hydrogen-bond acceptors (Lipinski definition) is 6. The van der Waals surface area contributed by atoms with E-state index in [1.54, 1.807) is 0 Å². The SMILES string of the molecule is CCCCC(CC)CN(CC(O)COc1ccc(C(C)(C)c2ccc(OCC(O)CN(CC(CC)CCCC)CC(CC)CCCC)cc2)cc1)CC(CC)CCCC. The minimum absolute atomic E-state index is 0.223. The number of rotatable bonds is 36. The van der Waals surface area contributed by atoms with Crippen LogP contribution in [0.3, 0.4) is 0 Å². The Hall–Kier alpha value is -2.12. The first-order valence-electron chi connectivity index (χ1n) is 24.7. The van der Waals surface area contributed by atoms with Gasteiger partial charge in [0.25, 0.3) is 0 Å². The van der Waals surface area contributed by atoms with Crippen LogP contribution < -0.4 is 9.47 Å². The minimum atomic E-state index is -0.535. The van der Waals surface area contributed by atoms with Crippen LogP contribution in [0, 0.1) is 23.7 Å². The summed E-state index contributed by atoms with van der Waals surface area (Å²) in [5, 5.41) is 22.4. The summed E-state index contributed by atoms with van der Waals surface area (Å²) in [6.07, 6.45) is 18.8. The molecule has 2 aromatic carbocycles. The second kappa shape index (κ2) is 30.8. The Balaban J connectivity index is 2.00. The van der Waals surface area contributed by atoms with Gasteiger partial charge in [-0.3, -0.25) is 0 Å². The summed E-state index contributed by atoms with van der Waals surface area (Å²) in [5.74, 6) is 4.29. The van der Waals surface area contributed by atoms with Crippen molar-refractivity contribution < 1.29 is 19.7 Å². The predicted molar refractivity (Wildman–Crippen MR) is 254 cm³/mol. The van der Waals surface area contributed by atoms with E-state index in [-0.39, 0.29) is 5.41 Å². The number of hydrogen-bond donors (Lipinski definition) is 2. The van der Waals surface area contributed by atoms with E-state index in [9.17, 15) is 10.2 Å². The van der Waals surface area contributed by atoms with Crippen molar-refractivity contribution in [2.24, 2.45) is 23.7 Å². The second-order valence-electron chi connectivity index (χ2n) is 18.7. The number of nitrogens with zero attached hydrogens (tertiary/aromatic N) is 2. The molecule has 6 atom stereocenters. The molecule has 0 radical (unpaired) electrons. The van der Waals surface area contributed by atoms with E-state index in [1.165, 1.54) is 114 Å². The fourth-order valence-electron chi connectivity index (χ4n) is 8.77. The molecule has 0 heterocycles. The zero-order valence-corrected chi connectivity index (χ0v) is 40.2. The largest absolute Gasteiger partial charge is 0.491 e. The van der Waals surface area contributed by atoms with Gasteiger partial charge in [0.1, 0.15) is 36.9 Å². The van der Waals surface area contributed by atoms with Crippen molar-refractivity contribution >= 4 is 0 Å². The highest BCUT2D eigenvalue weighted by Crippen LogP contribution is 2.33. The monoisotopic (exact) mass is 823 g/mol. The zero-order valence-electron chi connectivity index (χ0n) is 40.2. The molecule has 6 heteroatoms. The van der Waals surface area contributed by atoms with E-state index >= 15 is 0 Å². The minimum Gasteiger partial charge on any atom is -0.491 e. The molecular formula is C53H94N2O4. The molecule has 0 saturated carbocycles. The standard InChI is InChI=1S/C53H94N2O4/c1-11-19-23-43(15-5)35-54(36-44(16-6)24-20-12-2)39-49(56)41-58-51-31-27-47(28-32-51)53(9,10)48-29-33-52(34-30-48)59-42-50(57)40-55(37-45(17-7)25-21-13-3)38-46(18-8)26-22-14-4/h27-34,43-46,49-50,56-57H,11-26,35-42H2,1-10H3. The molecule has 0 aliphatic rings. The third kappa shape index (κ3) is 21.0. The van der Waals surface area contributed by atoms with Gasteiger partial charge in [-0.25, -0.2) is 0 Å². The Morgan fingerprint density at radius 3 is 0.949 bits per heavy atom. The van der Waals surface area contributed by atoms with Gasteiger partial charge >= 0.3 is 0 Å². The normalized spacial score (nSPS) is 15.3. The molecule has 59 heavy (non-hydrogen) atoms. The maximum atomic E-state index is 11.2. The molecule has 0 fully saturated rings. The Morgan fingerprint density at radius 2 is 0.712 bits per heavy atom. The summed E-state index contributed by atoms with van der Waals surface area (Å²) in [5.41, 5.74) is 2.17. The van der Waals surface area contributed by atoms with Crippen LogP contribution >= 0.6 is 0 Å². The molecule has 0 aliphatic heterocycles. The van der Waals surface area contributed by atoms with Crippen molar-refractivity contribution in [1.29, 1.82) is 0 Å². The second-order valence-corrected chi connectivity index (χ2v) is 18.7. The highest BCUT2D eigenvalue weighted by Gasteiger charge is 2.25. The molecular weight excluding hydrogens is 729 g/mol. The number of aliphatic hydroxyl groups excluding tert-OH is 2. The van der Waals surface area contributed by atoms with E-state index in [0.29, 0.717) is 50.0 Å². The van der Waals surface area contributed by atoms with Crippen LogP contribution in [0.1, 0.15) is 183 Å². The van der Waals surface area contributed by atoms with Crippen molar-refractivity contribution in [3.05, 3.63) is 59.7 Å². The Kier molecular flexibility index (Phi) is 27.7. The third-order valence-corrected chi connectivity index (χ3v) is 13.2. The van der Waals surface area contributed by atoms with E-state index < -0.39 is 12.2 Å². The molecule has 0 aromatic heterocycles. The first-order valence-corrected chi connectivity index (χ1v) is 24.7. The Bertz CT molecular complexity index is 1150. The van der Waals surface area contributed by atoms with Crippen molar-refractivity contribution in [3.63, 3.8) is 0 Å². The van der Waals surface area contributed by atoms with Crippen molar-refractivity contribution in [3.8, 4) is 11.5 Å². The van der Waals surface area contributed by atoms with Crippen LogP contribution in [0.25, 0.3) is 0 Å². The highest BCUT2D eigenvalue weighted by atomic mass is 16.5. The van der Waals surface area contributed by atoms with Crippen LogP contribution in [-0.2, 0) is 5.41 Å². The van der Waals surface area contributed by atoms with Gasteiger partial charge in [-0.1, -0.05) is 171 Å². The molecule has 0 saturated heterocycles. The smallest absolute Gasteiger partial charge is 0.119 e. The topological polar surface area (TPSA) is 65.4 Å². The van der Waals surface area contributed by atoms with E-state index in [1.807, 2.05) is 24.3 Å². The molecule has 0 bridgehead atoms. The summed E-state index contributed by atoms with van der Waals surface area (Å²) in [6, 6.07) is 16.8. The van der Waals surface area contributed by atoms with Gasteiger partial charge in [-0.15, -0.1) is 0 Å². The van der Waals surface area contributed by atoms with E-state index in [4.69, 9.17) is 9.47 Å². The zero-order chi connectivity index (χ0) is 43.5. The summed E-state index contributed by atoms with van der Waals surface area (Å²) >= 11 is 0. The summed E-state index contributed by atoms with van der Waals surface area (Å²) in [7, 11) is 0. The highest BCUT2D eigenvalue weighted by molar-refractivity contribution is 5.41. The molecule has 0 aliphatic carbocycles.